The molecule has 2 aromatic carbocycles. The number of aromatic nitrogens is 3. The Hall–Kier alpha value is -3.12. The van der Waals surface area contributed by atoms with Gasteiger partial charge in [0.1, 0.15) is 5.82 Å². The van der Waals surface area contributed by atoms with E-state index in [1.54, 1.807) is 30.3 Å². The van der Waals surface area contributed by atoms with Crippen LogP contribution in [0.15, 0.2) is 53.3 Å². The SMILES string of the molecule is O=c1[nH]nc(CN[C@H](COCc2cc(C(F)(F)F)cc(C(F)(F)F)c2)c2ccccc2)[nH]1. The Balaban J connectivity index is 1.72. The molecule has 0 bridgehead atoms. The summed E-state index contributed by atoms with van der Waals surface area (Å²) in [6.07, 6.45) is -9.85. The summed E-state index contributed by atoms with van der Waals surface area (Å²) in [7, 11) is 0. The smallest absolute Gasteiger partial charge is 0.375 e. The summed E-state index contributed by atoms with van der Waals surface area (Å²) in [5.74, 6) is 0.323. The predicted octanol–water partition coefficient (Wildman–Crippen LogP) is 4.18. The summed E-state index contributed by atoms with van der Waals surface area (Å²) in [4.78, 5) is 13.6. The number of hydrogen-bond donors (Lipinski definition) is 3. The zero-order valence-corrected chi connectivity index (χ0v) is 16.3. The van der Waals surface area contributed by atoms with Crippen molar-refractivity contribution in [2.75, 3.05) is 6.61 Å². The number of nitrogens with zero attached hydrogens (tertiary/aromatic N) is 1. The second-order valence-electron chi connectivity index (χ2n) is 6.90. The van der Waals surface area contributed by atoms with Crippen molar-refractivity contribution >= 4 is 0 Å². The number of hydrogen-bond acceptors (Lipinski definition) is 4. The molecule has 0 saturated carbocycles. The van der Waals surface area contributed by atoms with Crippen molar-refractivity contribution in [2.45, 2.75) is 31.5 Å². The fraction of sp³-hybridized carbons (Fsp3) is 0.300. The van der Waals surface area contributed by atoms with E-state index in [-0.39, 0.29) is 24.8 Å². The Morgan fingerprint density at radius 3 is 2.12 bits per heavy atom. The predicted molar refractivity (Wildman–Crippen MR) is 101 cm³/mol. The minimum absolute atomic E-state index is 0.0593. The van der Waals surface area contributed by atoms with E-state index in [9.17, 15) is 31.1 Å². The van der Waals surface area contributed by atoms with Crippen LogP contribution in [0.2, 0.25) is 0 Å². The Morgan fingerprint density at radius 2 is 1.59 bits per heavy atom. The number of ether oxygens (including phenoxy) is 1. The monoisotopic (exact) mass is 460 g/mol. The van der Waals surface area contributed by atoms with E-state index < -0.39 is 41.8 Å². The summed E-state index contributed by atoms with van der Waals surface area (Å²) >= 11 is 0. The molecule has 12 heteroatoms. The number of halogens is 6. The van der Waals surface area contributed by atoms with Gasteiger partial charge in [0.05, 0.1) is 36.9 Å². The van der Waals surface area contributed by atoms with Crippen LogP contribution in [0, 0.1) is 0 Å². The van der Waals surface area contributed by atoms with Crippen molar-refractivity contribution < 1.29 is 31.1 Å². The standard InChI is InChI=1S/C20H18F6N4O2/c21-19(22,23)14-6-12(7-15(8-14)20(24,25)26)10-32-11-16(13-4-2-1-3-5-13)27-9-17-28-18(31)30-29-17/h1-8,16,27H,9-11H2,(H2,28,29,30,31)/t16-/m1/s1. The molecule has 0 saturated heterocycles. The van der Waals surface area contributed by atoms with Crippen LogP contribution in [0.1, 0.15) is 34.1 Å². The molecule has 3 N–H and O–H groups in total. The van der Waals surface area contributed by atoms with E-state index in [1.165, 1.54) is 0 Å². The van der Waals surface area contributed by atoms with Gasteiger partial charge >= 0.3 is 18.0 Å². The first kappa shape index (κ1) is 23.5. The Labute approximate surface area is 177 Å². The van der Waals surface area contributed by atoms with Gasteiger partial charge in [-0.15, -0.1) is 0 Å². The summed E-state index contributed by atoms with van der Waals surface area (Å²) in [6, 6.07) is 9.75. The molecule has 0 aliphatic rings. The quantitative estimate of drug-likeness (QED) is 0.441. The number of rotatable bonds is 8. The number of aromatic amines is 2. The van der Waals surface area contributed by atoms with E-state index in [0.29, 0.717) is 18.0 Å². The molecule has 0 unspecified atom stereocenters. The molecule has 0 aliphatic carbocycles. The molecule has 0 spiro atoms. The molecule has 1 atom stereocenters. The highest BCUT2D eigenvalue weighted by Gasteiger charge is 2.36. The van der Waals surface area contributed by atoms with E-state index in [1.807, 2.05) is 0 Å². The molecule has 0 aliphatic heterocycles. The lowest BCUT2D eigenvalue weighted by Gasteiger charge is -2.19. The van der Waals surface area contributed by atoms with Crippen LogP contribution < -0.4 is 11.0 Å². The third-order valence-electron chi connectivity index (χ3n) is 4.47. The molecule has 3 rings (SSSR count). The van der Waals surface area contributed by atoms with Crippen molar-refractivity contribution in [2.24, 2.45) is 0 Å². The zero-order valence-electron chi connectivity index (χ0n) is 16.3. The van der Waals surface area contributed by atoms with Gasteiger partial charge in [0.15, 0.2) is 0 Å². The maximum atomic E-state index is 13.0. The minimum Gasteiger partial charge on any atom is -0.375 e. The number of H-pyrrole nitrogens is 2. The van der Waals surface area contributed by atoms with Crippen LogP contribution in [-0.2, 0) is 30.2 Å². The molecular formula is C20H18F6N4O2. The highest BCUT2D eigenvalue weighted by molar-refractivity contribution is 5.33. The molecule has 32 heavy (non-hydrogen) atoms. The Bertz CT molecular complexity index is 1040. The lowest BCUT2D eigenvalue weighted by atomic mass is 10.0. The van der Waals surface area contributed by atoms with Crippen LogP contribution in [0.25, 0.3) is 0 Å². The second-order valence-corrected chi connectivity index (χ2v) is 6.90. The molecule has 1 aromatic heterocycles. The van der Waals surface area contributed by atoms with E-state index in [4.69, 9.17) is 4.74 Å². The average molecular weight is 460 g/mol. The first-order valence-electron chi connectivity index (χ1n) is 9.30. The largest absolute Gasteiger partial charge is 0.416 e. The third-order valence-corrected chi connectivity index (χ3v) is 4.47. The molecule has 0 fully saturated rings. The fourth-order valence-electron chi connectivity index (χ4n) is 2.96. The highest BCUT2D eigenvalue weighted by Crippen LogP contribution is 2.36. The number of benzene rings is 2. The summed E-state index contributed by atoms with van der Waals surface area (Å²) in [5, 5.41) is 9.07. The van der Waals surface area contributed by atoms with E-state index in [2.05, 4.69) is 20.5 Å². The fourth-order valence-corrected chi connectivity index (χ4v) is 2.96. The number of alkyl halides is 6. The third kappa shape index (κ3) is 6.44. The number of nitrogens with one attached hydrogen (secondary N) is 3. The maximum Gasteiger partial charge on any atom is 0.416 e. The van der Waals surface area contributed by atoms with Crippen molar-refractivity contribution in [3.05, 3.63) is 87.1 Å². The Morgan fingerprint density at radius 1 is 0.969 bits per heavy atom. The maximum absolute atomic E-state index is 13.0. The van der Waals surface area contributed by atoms with E-state index in [0.717, 1.165) is 5.56 Å². The molecule has 1 heterocycles. The highest BCUT2D eigenvalue weighted by atomic mass is 19.4. The lowest BCUT2D eigenvalue weighted by molar-refractivity contribution is -0.143. The molecule has 3 aromatic rings. The average Bonchev–Trinajstić information content (AvgIpc) is 3.15. The first-order valence-corrected chi connectivity index (χ1v) is 9.30. The molecule has 0 amide bonds. The normalized spacial score (nSPS) is 13.3. The topological polar surface area (TPSA) is 82.8 Å². The van der Waals surface area contributed by atoms with Gasteiger partial charge in [-0.2, -0.15) is 31.4 Å². The van der Waals surface area contributed by atoms with Crippen molar-refractivity contribution in [3.8, 4) is 0 Å². The van der Waals surface area contributed by atoms with E-state index >= 15 is 0 Å². The van der Waals surface area contributed by atoms with Crippen LogP contribution >= 0.6 is 0 Å². The first-order chi connectivity index (χ1) is 15.0. The van der Waals surface area contributed by atoms with Gasteiger partial charge in [-0.3, -0.25) is 4.98 Å². The van der Waals surface area contributed by atoms with Gasteiger partial charge in [-0.1, -0.05) is 30.3 Å². The van der Waals surface area contributed by atoms with Crippen LogP contribution in [0.5, 0.6) is 0 Å². The lowest BCUT2D eigenvalue weighted by Crippen LogP contribution is -2.26. The summed E-state index contributed by atoms with van der Waals surface area (Å²) < 4.78 is 83.6. The zero-order chi connectivity index (χ0) is 23.4. The van der Waals surface area contributed by atoms with Gasteiger partial charge in [0.25, 0.3) is 0 Å². The molecule has 6 nitrogen and oxygen atoms in total. The summed E-state index contributed by atoms with van der Waals surface area (Å²) in [6.45, 7) is -0.378. The van der Waals surface area contributed by atoms with Crippen molar-refractivity contribution in [1.29, 1.82) is 0 Å². The summed E-state index contributed by atoms with van der Waals surface area (Å²) in [5.41, 5.74) is -2.77. The molecule has 172 valence electrons. The second kappa shape index (κ2) is 9.57. The van der Waals surface area contributed by atoms with Gasteiger partial charge in [-0.05, 0) is 29.3 Å². The van der Waals surface area contributed by atoms with Crippen molar-refractivity contribution in [1.82, 2.24) is 20.5 Å². The Kier molecular flexibility index (Phi) is 7.04. The van der Waals surface area contributed by atoms with Gasteiger partial charge in [0, 0.05) is 0 Å². The molecule has 0 radical (unpaired) electrons. The van der Waals surface area contributed by atoms with Crippen LogP contribution in [0.3, 0.4) is 0 Å². The molecular weight excluding hydrogens is 442 g/mol. The minimum atomic E-state index is -4.93. The van der Waals surface area contributed by atoms with Crippen LogP contribution in [-0.4, -0.2) is 21.8 Å². The van der Waals surface area contributed by atoms with Crippen LogP contribution in [0.4, 0.5) is 26.3 Å². The van der Waals surface area contributed by atoms with Gasteiger partial charge in [-0.25, -0.2) is 9.89 Å². The van der Waals surface area contributed by atoms with Gasteiger partial charge < -0.3 is 10.1 Å². The van der Waals surface area contributed by atoms with Crippen molar-refractivity contribution in [3.63, 3.8) is 0 Å². The van der Waals surface area contributed by atoms with Gasteiger partial charge in [0.2, 0.25) is 0 Å².